The Labute approximate surface area is 166 Å². The summed E-state index contributed by atoms with van der Waals surface area (Å²) in [6, 6.07) is 9.31. The first-order valence-electron chi connectivity index (χ1n) is 8.33. The monoisotopic (exact) mass is 403 g/mol. The molecule has 0 spiro atoms. The van der Waals surface area contributed by atoms with Gasteiger partial charge in [0.2, 0.25) is 5.91 Å². The second kappa shape index (κ2) is 8.18. The molecule has 0 radical (unpaired) electrons. The normalized spacial score (nSPS) is 13.3. The first-order chi connectivity index (χ1) is 13.4. The Kier molecular flexibility index (Phi) is 5.70. The van der Waals surface area contributed by atoms with Crippen molar-refractivity contribution in [3.63, 3.8) is 0 Å². The molecule has 2 aromatic carbocycles. The third-order valence-electron chi connectivity index (χ3n) is 4.22. The number of halogens is 1. The lowest BCUT2D eigenvalue weighted by Gasteiger charge is -2.14. The highest BCUT2D eigenvalue weighted by Gasteiger charge is 2.28. The second-order valence-electron chi connectivity index (χ2n) is 5.98. The summed E-state index contributed by atoms with van der Waals surface area (Å²) in [6.07, 6.45) is 0. The van der Waals surface area contributed by atoms with Crippen molar-refractivity contribution < 1.29 is 23.9 Å². The molecule has 0 aliphatic carbocycles. The minimum atomic E-state index is -0.421. The first kappa shape index (κ1) is 19.5. The molecule has 9 heteroatoms. The zero-order valence-corrected chi connectivity index (χ0v) is 16.0. The van der Waals surface area contributed by atoms with Gasteiger partial charge in [-0.25, -0.2) is 4.79 Å². The number of carbonyl (C=O) groups is 3. The van der Waals surface area contributed by atoms with Gasteiger partial charge in [-0.3, -0.25) is 14.5 Å². The van der Waals surface area contributed by atoms with Crippen LogP contribution in [0.4, 0.5) is 10.5 Å². The average Bonchev–Trinajstić information content (AvgIpc) is 3.01. The van der Waals surface area contributed by atoms with E-state index in [4.69, 9.17) is 21.1 Å². The third-order valence-corrected chi connectivity index (χ3v) is 4.51. The van der Waals surface area contributed by atoms with Crippen LogP contribution in [0, 0.1) is 0 Å². The topological polar surface area (TPSA) is 97.0 Å². The molecule has 0 atom stereocenters. The van der Waals surface area contributed by atoms with Gasteiger partial charge in [-0.05, 0) is 17.7 Å². The van der Waals surface area contributed by atoms with Crippen LogP contribution in [0.15, 0.2) is 36.4 Å². The van der Waals surface area contributed by atoms with Gasteiger partial charge >= 0.3 is 6.03 Å². The maximum Gasteiger partial charge on any atom is 0.324 e. The number of methoxy groups -OCH3 is 2. The molecule has 2 aromatic rings. The van der Waals surface area contributed by atoms with E-state index in [-0.39, 0.29) is 24.9 Å². The Morgan fingerprint density at radius 1 is 1.14 bits per heavy atom. The number of imide groups is 1. The van der Waals surface area contributed by atoms with Gasteiger partial charge in [0.25, 0.3) is 5.91 Å². The minimum absolute atomic E-state index is 0.00567. The van der Waals surface area contributed by atoms with Gasteiger partial charge in [0.1, 0.15) is 11.5 Å². The number of urea groups is 1. The van der Waals surface area contributed by atoms with Crippen LogP contribution in [0.2, 0.25) is 5.02 Å². The number of nitrogens with one attached hydrogen (secondary N) is 2. The van der Waals surface area contributed by atoms with E-state index in [1.54, 1.807) is 36.4 Å². The summed E-state index contributed by atoms with van der Waals surface area (Å²) >= 11 is 6.07. The number of rotatable bonds is 6. The van der Waals surface area contributed by atoms with Gasteiger partial charge in [0.05, 0.1) is 38.0 Å². The van der Waals surface area contributed by atoms with Crippen LogP contribution in [0.25, 0.3) is 0 Å². The van der Waals surface area contributed by atoms with Gasteiger partial charge in [-0.15, -0.1) is 0 Å². The molecule has 1 aliphatic heterocycles. The molecular formula is C19H18ClN3O5. The summed E-state index contributed by atoms with van der Waals surface area (Å²) < 4.78 is 10.4. The number of amides is 4. The maximum absolute atomic E-state index is 12.6. The highest BCUT2D eigenvalue weighted by Crippen LogP contribution is 2.36. The highest BCUT2D eigenvalue weighted by atomic mass is 35.5. The van der Waals surface area contributed by atoms with Crippen molar-refractivity contribution in [1.29, 1.82) is 0 Å². The van der Waals surface area contributed by atoms with E-state index in [1.165, 1.54) is 14.2 Å². The molecule has 1 heterocycles. The van der Waals surface area contributed by atoms with Crippen molar-refractivity contribution in [2.24, 2.45) is 0 Å². The van der Waals surface area contributed by atoms with E-state index < -0.39 is 6.03 Å². The molecule has 4 amide bonds. The van der Waals surface area contributed by atoms with Gasteiger partial charge in [-0.1, -0.05) is 23.7 Å². The van der Waals surface area contributed by atoms with Gasteiger partial charge in [0, 0.05) is 17.7 Å². The van der Waals surface area contributed by atoms with E-state index in [0.29, 0.717) is 27.8 Å². The van der Waals surface area contributed by atoms with Gasteiger partial charge in [-0.2, -0.15) is 0 Å². The molecule has 0 unspecified atom stereocenters. The third kappa shape index (κ3) is 4.01. The van der Waals surface area contributed by atoms with E-state index in [0.717, 1.165) is 10.5 Å². The van der Waals surface area contributed by atoms with Gasteiger partial charge in [0.15, 0.2) is 0 Å². The Hall–Kier alpha value is -3.26. The van der Waals surface area contributed by atoms with Crippen molar-refractivity contribution in [2.75, 3.05) is 26.1 Å². The van der Waals surface area contributed by atoms with Crippen molar-refractivity contribution in [3.05, 3.63) is 52.5 Å². The highest BCUT2D eigenvalue weighted by molar-refractivity contribution is 6.32. The predicted molar refractivity (Wildman–Crippen MR) is 103 cm³/mol. The SMILES string of the molecule is COc1cc(NC(=O)c2ccc(CN3C(=O)CNC3=O)cc2)c(OC)cc1Cl. The fourth-order valence-corrected chi connectivity index (χ4v) is 2.94. The largest absolute Gasteiger partial charge is 0.495 e. The number of ether oxygens (including phenoxy) is 2. The van der Waals surface area contributed by atoms with Crippen LogP contribution in [0.5, 0.6) is 11.5 Å². The maximum atomic E-state index is 12.6. The van der Waals surface area contributed by atoms with Crippen molar-refractivity contribution in [3.8, 4) is 11.5 Å². The Bertz CT molecular complexity index is 914. The molecule has 1 fully saturated rings. The quantitative estimate of drug-likeness (QED) is 0.723. The smallest absolute Gasteiger partial charge is 0.324 e. The number of hydrogen-bond acceptors (Lipinski definition) is 5. The fraction of sp³-hybridized carbons (Fsp3) is 0.211. The molecule has 1 saturated heterocycles. The predicted octanol–water partition coefficient (Wildman–Crippen LogP) is 2.66. The van der Waals surface area contributed by atoms with Crippen LogP contribution < -0.4 is 20.1 Å². The zero-order valence-electron chi connectivity index (χ0n) is 15.2. The Morgan fingerprint density at radius 2 is 1.82 bits per heavy atom. The summed E-state index contributed by atoms with van der Waals surface area (Å²) in [5.41, 5.74) is 1.54. The lowest BCUT2D eigenvalue weighted by molar-refractivity contribution is -0.125. The molecule has 2 N–H and O–H groups in total. The summed E-state index contributed by atoms with van der Waals surface area (Å²) in [7, 11) is 2.95. The molecule has 1 aliphatic rings. The van der Waals surface area contributed by atoms with Crippen molar-refractivity contribution >= 4 is 35.1 Å². The van der Waals surface area contributed by atoms with Crippen LogP contribution in [-0.4, -0.2) is 43.5 Å². The summed E-state index contributed by atoms with van der Waals surface area (Å²) in [5, 5.41) is 5.58. The molecule has 146 valence electrons. The number of carbonyl (C=O) groups excluding carboxylic acids is 3. The Balaban J connectivity index is 1.73. The number of benzene rings is 2. The Morgan fingerprint density at radius 3 is 2.39 bits per heavy atom. The number of anilines is 1. The second-order valence-corrected chi connectivity index (χ2v) is 6.38. The molecule has 0 saturated carbocycles. The van der Waals surface area contributed by atoms with E-state index in [1.807, 2.05) is 0 Å². The number of nitrogens with zero attached hydrogens (tertiary/aromatic N) is 1. The molecule has 0 aromatic heterocycles. The van der Waals surface area contributed by atoms with Crippen LogP contribution in [0.3, 0.4) is 0 Å². The summed E-state index contributed by atoms with van der Waals surface area (Å²) in [4.78, 5) is 36.9. The molecular weight excluding hydrogens is 386 g/mol. The summed E-state index contributed by atoms with van der Waals surface area (Å²) in [5.74, 6) is 0.163. The fourth-order valence-electron chi connectivity index (χ4n) is 2.71. The van der Waals surface area contributed by atoms with Crippen molar-refractivity contribution in [1.82, 2.24) is 10.2 Å². The van der Waals surface area contributed by atoms with E-state index >= 15 is 0 Å². The van der Waals surface area contributed by atoms with E-state index in [2.05, 4.69) is 10.6 Å². The molecule has 3 rings (SSSR count). The number of hydrogen-bond donors (Lipinski definition) is 2. The molecule has 8 nitrogen and oxygen atoms in total. The van der Waals surface area contributed by atoms with Crippen LogP contribution in [-0.2, 0) is 11.3 Å². The zero-order chi connectivity index (χ0) is 20.3. The minimum Gasteiger partial charge on any atom is -0.495 e. The van der Waals surface area contributed by atoms with Gasteiger partial charge < -0.3 is 20.1 Å². The van der Waals surface area contributed by atoms with Crippen molar-refractivity contribution in [2.45, 2.75) is 6.54 Å². The summed E-state index contributed by atoms with van der Waals surface area (Å²) in [6.45, 7) is 0.153. The average molecular weight is 404 g/mol. The van der Waals surface area contributed by atoms with E-state index in [9.17, 15) is 14.4 Å². The molecule has 28 heavy (non-hydrogen) atoms. The first-order valence-corrected chi connectivity index (χ1v) is 8.70. The standard InChI is InChI=1S/C19H18ClN3O5/c1-27-15-8-14(16(28-2)7-13(15)20)22-18(25)12-5-3-11(4-6-12)10-23-17(24)9-21-19(23)26/h3-8H,9-10H2,1-2H3,(H,21,26)(H,22,25). The van der Waals surface area contributed by atoms with Crippen LogP contribution >= 0.6 is 11.6 Å². The lowest BCUT2D eigenvalue weighted by Crippen LogP contribution is -2.30. The van der Waals surface area contributed by atoms with Crippen LogP contribution in [0.1, 0.15) is 15.9 Å². The lowest BCUT2D eigenvalue weighted by atomic mass is 10.1. The molecule has 0 bridgehead atoms.